The lowest BCUT2D eigenvalue weighted by molar-refractivity contribution is -0.122. The van der Waals surface area contributed by atoms with Crippen LogP contribution in [0.3, 0.4) is 0 Å². The fourth-order valence-electron chi connectivity index (χ4n) is 3.01. The molecule has 1 aromatic heterocycles. The van der Waals surface area contributed by atoms with Crippen LogP contribution >= 0.6 is 23.2 Å². The first-order valence-corrected chi connectivity index (χ1v) is 10.4. The summed E-state index contributed by atoms with van der Waals surface area (Å²) in [6, 6.07) is 4.75. The lowest BCUT2D eigenvalue weighted by Crippen LogP contribution is -2.34. The highest BCUT2D eigenvalue weighted by atomic mass is 35.5. The molecule has 1 amide bonds. The number of hydrogen-bond donors (Lipinski definition) is 4. The molecule has 2 aromatic rings. The van der Waals surface area contributed by atoms with Crippen molar-refractivity contribution >= 4 is 46.4 Å². The summed E-state index contributed by atoms with van der Waals surface area (Å²) in [5.74, 6) is 0.736. The summed E-state index contributed by atoms with van der Waals surface area (Å²) < 4.78 is 5.38. The van der Waals surface area contributed by atoms with Gasteiger partial charge in [-0.05, 0) is 50.3 Å². The number of rotatable bonds is 9. The van der Waals surface area contributed by atoms with Gasteiger partial charge in [0, 0.05) is 11.6 Å². The third-order valence-corrected chi connectivity index (χ3v) is 5.11. The van der Waals surface area contributed by atoms with Gasteiger partial charge >= 0.3 is 0 Å². The predicted octanol–water partition coefficient (Wildman–Crippen LogP) is 4.19. The highest BCUT2D eigenvalue weighted by Crippen LogP contribution is 2.27. The number of amides is 1. The van der Waals surface area contributed by atoms with Gasteiger partial charge < -0.3 is 15.8 Å². The fourth-order valence-corrected chi connectivity index (χ4v) is 3.47. The minimum Gasteiger partial charge on any atom is -0.482 e. The number of hydrazine groups is 1. The molecule has 1 aliphatic rings. The Labute approximate surface area is 185 Å². The van der Waals surface area contributed by atoms with Crippen molar-refractivity contribution in [2.45, 2.75) is 32.1 Å². The number of nitrogens with two attached hydrogens (primary N) is 1. The molecule has 10 heteroatoms. The van der Waals surface area contributed by atoms with Gasteiger partial charge in [0.15, 0.2) is 18.2 Å². The second-order valence-electron chi connectivity index (χ2n) is 6.81. The van der Waals surface area contributed by atoms with Crippen LogP contribution < -0.4 is 26.6 Å². The molecule has 0 unspecified atom stereocenters. The number of halogens is 2. The molecule has 0 fully saturated rings. The van der Waals surface area contributed by atoms with Crippen LogP contribution in [0.1, 0.15) is 32.1 Å². The van der Waals surface area contributed by atoms with E-state index in [0.29, 0.717) is 33.1 Å². The van der Waals surface area contributed by atoms with Crippen molar-refractivity contribution in [2.24, 2.45) is 0 Å². The normalized spacial score (nSPS) is 13.3. The van der Waals surface area contributed by atoms with Crippen molar-refractivity contribution in [3.8, 4) is 5.75 Å². The first kappa shape index (κ1) is 22.0. The third-order valence-electron chi connectivity index (χ3n) is 4.58. The minimum atomic E-state index is -0.433. The Hall–Kier alpha value is -2.71. The van der Waals surface area contributed by atoms with E-state index in [1.165, 1.54) is 30.8 Å². The van der Waals surface area contributed by atoms with E-state index in [1.54, 1.807) is 12.1 Å². The third kappa shape index (κ3) is 6.40. The SMILES string of the molecule is Nc1c(NCCC2=CCCCC2)ncnc1NNC(=O)COc1ccc(Cl)cc1Cl. The van der Waals surface area contributed by atoms with Crippen molar-refractivity contribution < 1.29 is 9.53 Å². The molecule has 30 heavy (non-hydrogen) atoms. The molecular formula is C20H24Cl2N6O2. The number of nitrogens with zero attached hydrogens (tertiary/aromatic N) is 2. The summed E-state index contributed by atoms with van der Waals surface area (Å²) >= 11 is 11.8. The average Bonchev–Trinajstić information content (AvgIpc) is 2.74. The minimum absolute atomic E-state index is 0.250. The van der Waals surface area contributed by atoms with Gasteiger partial charge in [-0.2, -0.15) is 0 Å². The second-order valence-corrected chi connectivity index (χ2v) is 7.65. The van der Waals surface area contributed by atoms with E-state index in [9.17, 15) is 4.79 Å². The maximum absolute atomic E-state index is 12.0. The molecule has 0 spiro atoms. The van der Waals surface area contributed by atoms with Crippen molar-refractivity contribution in [3.63, 3.8) is 0 Å². The number of carbonyl (C=O) groups is 1. The number of nitrogen functional groups attached to an aromatic ring is 1. The zero-order valence-electron chi connectivity index (χ0n) is 16.4. The van der Waals surface area contributed by atoms with Crippen LogP contribution in [-0.4, -0.2) is 29.0 Å². The molecule has 0 atom stereocenters. The van der Waals surface area contributed by atoms with Gasteiger partial charge in [0.2, 0.25) is 0 Å². The number of ether oxygens (including phenoxy) is 1. The standard InChI is InChI=1S/C20H24Cl2N6O2/c21-14-6-7-16(15(22)10-14)30-11-17(29)27-28-20-18(23)19(25-12-26-20)24-9-8-13-4-2-1-3-5-13/h4,6-7,10,12H,1-3,5,8-9,11,23H2,(H,27,29)(H2,24,25,26,28). The number of benzene rings is 1. The molecule has 8 nitrogen and oxygen atoms in total. The Morgan fingerprint density at radius 2 is 2.03 bits per heavy atom. The lowest BCUT2D eigenvalue weighted by Gasteiger charge is -2.15. The zero-order valence-corrected chi connectivity index (χ0v) is 17.9. The van der Waals surface area contributed by atoms with Gasteiger partial charge in [-0.1, -0.05) is 34.9 Å². The predicted molar refractivity (Wildman–Crippen MR) is 120 cm³/mol. The number of aromatic nitrogens is 2. The van der Waals surface area contributed by atoms with E-state index in [1.807, 2.05) is 0 Å². The van der Waals surface area contributed by atoms with Gasteiger partial charge in [-0.3, -0.25) is 15.6 Å². The Morgan fingerprint density at radius 3 is 2.80 bits per heavy atom. The monoisotopic (exact) mass is 450 g/mol. The van der Waals surface area contributed by atoms with E-state index >= 15 is 0 Å². The Morgan fingerprint density at radius 1 is 1.20 bits per heavy atom. The first-order valence-electron chi connectivity index (χ1n) is 9.68. The van der Waals surface area contributed by atoms with Crippen LogP contribution in [-0.2, 0) is 4.79 Å². The van der Waals surface area contributed by atoms with Crippen LogP contribution in [0, 0.1) is 0 Å². The van der Waals surface area contributed by atoms with Gasteiger partial charge in [-0.25, -0.2) is 9.97 Å². The van der Waals surface area contributed by atoms with E-state index in [-0.39, 0.29) is 6.61 Å². The van der Waals surface area contributed by atoms with Gasteiger partial charge in [0.1, 0.15) is 17.8 Å². The fraction of sp³-hybridized carbons (Fsp3) is 0.350. The van der Waals surface area contributed by atoms with Crippen molar-refractivity contribution in [1.29, 1.82) is 0 Å². The van der Waals surface area contributed by atoms with Gasteiger partial charge in [-0.15, -0.1) is 0 Å². The van der Waals surface area contributed by atoms with Crippen LogP contribution in [0.2, 0.25) is 10.0 Å². The largest absolute Gasteiger partial charge is 0.482 e. The summed E-state index contributed by atoms with van der Waals surface area (Å²) in [5.41, 5.74) is 13.1. The van der Waals surface area contributed by atoms with Crippen LogP contribution in [0.5, 0.6) is 5.75 Å². The Bertz CT molecular complexity index is 922. The highest BCUT2D eigenvalue weighted by Gasteiger charge is 2.11. The van der Waals surface area contributed by atoms with E-state index in [4.69, 9.17) is 33.7 Å². The van der Waals surface area contributed by atoms with Crippen molar-refractivity contribution in [3.05, 3.63) is 46.2 Å². The summed E-state index contributed by atoms with van der Waals surface area (Å²) in [5, 5.41) is 4.03. The molecule has 1 heterocycles. The Kier molecular flexibility index (Phi) is 7.98. The quantitative estimate of drug-likeness (QED) is 0.334. The topological polar surface area (TPSA) is 114 Å². The van der Waals surface area contributed by atoms with Gasteiger partial charge in [0.25, 0.3) is 5.91 Å². The van der Waals surface area contributed by atoms with E-state index < -0.39 is 5.91 Å². The molecule has 0 saturated heterocycles. The smallest absolute Gasteiger partial charge is 0.276 e. The molecule has 5 N–H and O–H groups in total. The molecular weight excluding hydrogens is 427 g/mol. The molecule has 0 bridgehead atoms. The number of carbonyl (C=O) groups excluding carboxylic acids is 1. The molecule has 0 aliphatic heterocycles. The zero-order chi connectivity index (χ0) is 21.3. The van der Waals surface area contributed by atoms with Crippen molar-refractivity contribution in [1.82, 2.24) is 15.4 Å². The van der Waals surface area contributed by atoms with E-state index in [0.717, 1.165) is 25.8 Å². The molecule has 160 valence electrons. The maximum atomic E-state index is 12.0. The first-order chi connectivity index (χ1) is 14.5. The maximum Gasteiger partial charge on any atom is 0.276 e. The molecule has 1 aliphatic carbocycles. The van der Waals surface area contributed by atoms with Crippen LogP contribution in [0.15, 0.2) is 36.2 Å². The molecule has 3 rings (SSSR count). The number of anilines is 3. The lowest BCUT2D eigenvalue weighted by atomic mass is 9.97. The van der Waals surface area contributed by atoms with Crippen molar-refractivity contribution in [2.75, 3.05) is 29.6 Å². The molecule has 1 aromatic carbocycles. The number of nitrogens with one attached hydrogen (secondary N) is 3. The summed E-state index contributed by atoms with van der Waals surface area (Å²) in [4.78, 5) is 20.3. The van der Waals surface area contributed by atoms with Gasteiger partial charge in [0.05, 0.1) is 5.02 Å². The summed E-state index contributed by atoms with van der Waals surface area (Å²) in [6.07, 6.45) is 9.48. The molecule has 0 saturated carbocycles. The summed E-state index contributed by atoms with van der Waals surface area (Å²) in [6.45, 7) is 0.480. The average molecular weight is 451 g/mol. The van der Waals surface area contributed by atoms with Crippen LogP contribution in [0.25, 0.3) is 0 Å². The van der Waals surface area contributed by atoms with Crippen LogP contribution in [0.4, 0.5) is 17.3 Å². The molecule has 0 radical (unpaired) electrons. The number of allylic oxidation sites excluding steroid dienone is 1. The Balaban J connectivity index is 1.47. The number of hydrogen-bond acceptors (Lipinski definition) is 7. The van der Waals surface area contributed by atoms with E-state index in [2.05, 4.69) is 32.2 Å². The second kappa shape index (κ2) is 10.9. The highest BCUT2D eigenvalue weighted by molar-refractivity contribution is 6.35. The summed E-state index contributed by atoms with van der Waals surface area (Å²) in [7, 11) is 0.